The molecule has 0 aromatic rings. The Labute approximate surface area is 435 Å². The SMILES string of the molecule is CCCCCC/C=C\CCCCCCCC(=O)N[C@@H]1C(O[C@@H]2C(CO)OC(O[C@@H]3C(CO)OC(O[C@@H]4C(COS(=O)(=O)O)OC(O)[C@@H](NC(C)=O)[C@H]4O)[C@@H](NC(C)=O)[C@H]3O)[C@@H](NC(C)=O)[C@H]2O)OC(CO)[C@@H](O)[C@@H]1O. The second-order valence-corrected chi connectivity index (χ2v) is 20.2. The molecule has 0 aliphatic carbocycles. The molecule has 4 aliphatic heterocycles. The van der Waals surface area contributed by atoms with E-state index in [1.165, 1.54) is 25.7 Å². The van der Waals surface area contributed by atoms with Gasteiger partial charge in [-0.3, -0.25) is 23.7 Å². The molecule has 75 heavy (non-hydrogen) atoms. The highest BCUT2D eigenvalue weighted by molar-refractivity contribution is 7.80. The summed E-state index contributed by atoms with van der Waals surface area (Å²) in [5, 5.41) is 109. The fourth-order valence-electron chi connectivity index (χ4n) is 9.34. The lowest BCUT2D eigenvalue weighted by molar-refractivity contribution is -0.361. The van der Waals surface area contributed by atoms with E-state index >= 15 is 0 Å². The molecule has 14 N–H and O–H groups in total. The van der Waals surface area contributed by atoms with Crippen LogP contribution in [0.1, 0.15) is 105 Å². The van der Waals surface area contributed by atoms with Crippen molar-refractivity contribution in [3.05, 3.63) is 12.2 Å². The van der Waals surface area contributed by atoms with E-state index in [9.17, 15) is 78.1 Å². The van der Waals surface area contributed by atoms with E-state index in [0.29, 0.717) is 6.42 Å². The lowest BCUT2D eigenvalue weighted by atomic mass is 9.93. The zero-order valence-electron chi connectivity index (χ0n) is 42.6. The van der Waals surface area contributed by atoms with Gasteiger partial charge in [0.1, 0.15) is 97.4 Å². The molecule has 4 rings (SSSR count). The highest BCUT2D eigenvalue weighted by Gasteiger charge is 2.56. The van der Waals surface area contributed by atoms with Gasteiger partial charge in [-0.2, -0.15) is 8.42 Å². The van der Waals surface area contributed by atoms with Crippen molar-refractivity contribution in [1.82, 2.24) is 21.3 Å². The first-order valence-corrected chi connectivity index (χ1v) is 26.8. The maximum absolute atomic E-state index is 13.3. The minimum absolute atomic E-state index is 0.0269. The number of hydrogen-bond donors (Lipinski definition) is 14. The van der Waals surface area contributed by atoms with E-state index in [-0.39, 0.29) is 6.42 Å². The third-order valence-corrected chi connectivity index (χ3v) is 13.6. The van der Waals surface area contributed by atoms with Crippen LogP contribution in [0.25, 0.3) is 0 Å². The van der Waals surface area contributed by atoms with Crippen LogP contribution in [-0.4, -0.2) is 232 Å². The molecule has 4 heterocycles. The summed E-state index contributed by atoms with van der Waals surface area (Å²) in [5.74, 6) is -2.91. The average Bonchev–Trinajstić information content (AvgIpc) is 3.34. The summed E-state index contributed by atoms with van der Waals surface area (Å²) >= 11 is 0. The number of carbonyl (C=O) groups excluding carboxylic acids is 4. The van der Waals surface area contributed by atoms with Crippen molar-refractivity contribution in [2.24, 2.45) is 0 Å². The summed E-state index contributed by atoms with van der Waals surface area (Å²) in [6, 6.07) is -6.58. The van der Waals surface area contributed by atoms with Gasteiger partial charge in [-0.1, -0.05) is 57.6 Å². The molecular weight excluding hydrogens is 1020 g/mol. The summed E-state index contributed by atoms with van der Waals surface area (Å²) in [7, 11) is -5.15. The Morgan fingerprint density at radius 1 is 0.507 bits per heavy atom. The van der Waals surface area contributed by atoms with Crippen LogP contribution in [0.2, 0.25) is 0 Å². The average molecular weight is 1110 g/mol. The minimum Gasteiger partial charge on any atom is -0.394 e. The lowest BCUT2D eigenvalue weighted by Gasteiger charge is -2.51. The first kappa shape index (κ1) is 64.4. The fraction of sp³-hybridized carbons (Fsp3) is 0.870. The Morgan fingerprint density at radius 2 is 0.907 bits per heavy atom. The second kappa shape index (κ2) is 31.4. The molecule has 4 amide bonds. The maximum Gasteiger partial charge on any atom is 0.397 e. The fourth-order valence-corrected chi connectivity index (χ4v) is 9.64. The molecule has 8 unspecified atom stereocenters. The van der Waals surface area contributed by atoms with Crippen LogP contribution in [0.3, 0.4) is 0 Å². The van der Waals surface area contributed by atoms with Gasteiger partial charge in [0.2, 0.25) is 23.6 Å². The molecule has 0 radical (unpaired) electrons. The molecule has 28 nitrogen and oxygen atoms in total. The second-order valence-electron chi connectivity index (χ2n) is 19.1. The number of aliphatic hydroxyl groups is 9. The van der Waals surface area contributed by atoms with Crippen LogP contribution >= 0.6 is 0 Å². The van der Waals surface area contributed by atoms with Crippen LogP contribution < -0.4 is 21.3 Å². The normalized spacial score (nSPS) is 36.5. The van der Waals surface area contributed by atoms with Crippen molar-refractivity contribution in [2.45, 2.75) is 227 Å². The first-order chi connectivity index (χ1) is 35.5. The Bertz CT molecular complexity index is 1910. The zero-order chi connectivity index (χ0) is 55.6. The van der Waals surface area contributed by atoms with Gasteiger partial charge in [-0.25, -0.2) is 4.18 Å². The van der Waals surface area contributed by atoms with Crippen molar-refractivity contribution >= 4 is 34.0 Å². The summed E-state index contributed by atoms with van der Waals surface area (Å²) in [6.45, 7) is 1.40. The third-order valence-electron chi connectivity index (χ3n) is 13.1. The number of hydrogen-bond acceptors (Lipinski definition) is 23. The number of nitrogens with one attached hydrogen (secondary N) is 4. The minimum atomic E-state index is -5.15. The Hall–Kier alpha value is -3.15. The summed E-state index contributed by atoms with van der Waals surface area (Å²) in [6.07, 6.45) is -13.5. The Kier molecular flexibility index (Phi) is 27.0. The topological polar surface area (TPSA) is 427 Å². The van der Waals surface area contributed by atoms with E-state index < -0.39 is 183 Å². The molecule has 20 atom stereocenters. The standard InChI is InChI=1S/C46H80N4O24S/c1-5-6-7-8-9-10-11-12-13-14-15-16-17-18-30(57)50-32-36(59)35(58)26(19-51)69-44(32)72-40-27(20-52)70-45(33(38(40)61)48-24(3)55)73-41-28(21-53)71-46(34(39(41)62)49-25(4)56)74-42-29(22-67-75(64,65)66)68-43(63)31(37(42)60)47-23(2)54/h10-11,26-29,31-46,51-53,58-63H,5-9,12-22H2,1-4H3,(H,47,54)(H,48,55)(H,49,56)(H,50,57)(H,64,65,66)/b11-10-/t26?,27?,28?,29?,31-,32-,33-,34-,35+,36+,37+,38+,39+,40+,41+,42+,43?,44?,45?,46?/m0/s1. The monoisotopic (exact) mass is 1100 g/mol. The molecule has 0 saturated carbocycles. The maximum atomic E-state index is 13.3. The van der Waals surface area contributed by atoms with Gasteiger partial charge < -0.3 is 100 Å². The highest BCUT2D eigenvalue weighted by atomic mass is 32.3. The Morgan fingerprint density at radius 3 is 1.36 bits per heavy atom. The summed E-state index contributed by atoms with van der Waals surface area (Å²) in [4.78, 5) is 50.5. The highest BCUT2D eigenvalue weighted by Crippen LogP contribution is 2.35. The van der Waals surface area contributed by atoms with Crippen molar-refractivity contribution < 1.29 is 115 Å². The van der Waals surface area contributed by atoms with E-state index in [1.54, 1.807) is 0 Å². The van der Waals surface area contributed by atoms with Gasteiger partial charge in [-0.15, -0.1) is 0 Å². The molecule has 434 valence electrons. The van der Waals surface area contributed by atoms with E-state index in [2.05, 4.69) is 44.5 Å². The van der Waals surface area contributed by atoms with Crippen LogP contribution in [0, 0.1) is 0 Å². The van der Waals surface area contributed by atoms with Gasteiger partial charge >= 0.3 is 10.4 Å². The van der Waals surface area contributed by atoms with Crippen LogP contribution in [-0.2, 0) is 66.9 Å². The number of aliphatic hydroxyl groups excluding tert-OH is 9. The molecule has 29 heteroatoms. The van der Waals surface area contributed by atoms with Crippen molar-refractivity contribution in [3.8, 4) is 0 Å². The number of unbranched alkanes of at least 4 members (excludes halogenated alkanes) is 9. The molecule has 0 spiro atoms. The largest absolute Gasteiger partial charge is 0.397 e. The van der Waals surface area contributed by atoms with Gasteiger partial charge in [-0.05, 0) is 32.1 Å². The molecule has 0 aromatic heterocycles. The summed E-state index contributed by atoms with van der Waals surface area (Å²) in [5.41, 5.74) is 0. The van der Waals surface area contributed by atoms with Crippen LogP contribution in [0.4, 0.5) is 0 Å². The molecule has 4 saturated heterocycles. The van der Waals surface area contributed by atoms with E-state index in [0.717, 1.165) is 59.3 Å². The smallest absolute Gasteiger partial charge is 0.394 e. The molecule has 4 aliphatic rings. The quantitative estimate of drug-likeness (QED) is 0.0192. The van der Waals surface area contributed by atoms with E-state index in [1.807, 2.05) is 0 Å². The van der Waals surface area contributed by atoms with Gasteiger partial charge in [0.05, 0.1) is 26.4 Å². The number of ether oxygens (including phenoxy) is 7. The molecule has 0 aromatic carbocycles. The number of amides is 4. The molecule has 0 bridgehead atoms. The Balaban J connectivity index is 1.50. The van der Waals surface area contributed by atoms with Crippen LogP contribution in [0.15, 0.2) is 12.2 Å². The van der Waals surface area contributed by atoms with Crippen molar-refractivity contribution in [2.75, 3.05) is 26.4 Å². The molecule has 4 fully saturated rings. The van der Waals surface area contributed by atoms with Crippen LogP contribution in [0.5, 0.6) is 0 Å². The zero-order valence-corrected chi connectivity index (χ0v) is 43.4. The van der Waals surface area contributed by atoms with Crippen molar-refractivity contribution in [1.29, 1.82) is 0 Å². The first-order valence-electron chi connectivity index (χ1n) is 25.4. The van der Waals surface area contributed by atoms with Gasteiger partial charge in [0, 0.05) is 27.2 Å². The predicted molar refractivity (Wildman–Crippen MR) is 255 cm³/mol. The number of carbonyl (C=O) groups is 4. The van der Waals surface area contributed by atoms with E-state index in [4.69, 9.17) is 33.2 Å². The third kappa shape index (κ3) is 19.3. The summed E-state index contributed by atoms with van der Waals surface area (Å²) < 4.78 is 77.9. The number of allylic oxidation sites excluding steroid dienone is 2. The molecular formula is C46H80N4O24S. The lowest BCUT2D eigenvalue weighted by Crippen LogP contribution is -2.71. The predicted octanol–water partition coefficient (Wildman–Crippen LogP) is -4.11. The van der Waals surface area contributed by atoms with Crippen molar-refractivity contribution in [3.63, 3.8) is 0 Å². The van der Waals surface area contributed by atoms with Gasteiger partial charge in [0.25, 0.3) is 0 Å². The number of rotatable bonds is 29. The van der Waals surface area contributed by atoms with Gasteiger partial charge in [0.15, 0.2) is 25.2 Å².